The lowest BCUT2D eigenvalue weighted by Gasteiger charge is -2.13. The minimum Gasteiger partial charge on any atom is -0.380 e. The second-order valence-corrected chi connectivity index (χ2v) is 8.30. The Morgan fingerprint density at radius 1 is 1.33 bits per heavy atom. The molecule has 0 radical (unpaired) electrons. The molecule has 0 aliphatic carbocycles. The fourth-order valence-electron chi connectivity index (χ4n) is 3.02. The largest absolute Gasteiger partial charge is 0.380 e. The Hall–Kier alpha value is -1.74. The molecule has 0 spiro atoms. The molecule has 1 aliphatic rings. The Kier molecular flexibility index (Phi) is 4.73. The smallest absolute Gasteiger partial charge is 0.177 e. The summed E-state index contributed by atoms with van der Waals surface area (Å²) in [7, 11) is -2.99. The molecule has 8 nitrogen and oxygen atoms in total. The molecule has 0 aromatic carbocycles. The van der Waals surface area contributed by atoms with Crippen LogP contribution >= 0.6 is 0 Å². The average molecular weight is 353 g/mol. The standard InChI is InChI=1S/C15H23N5O3S/c1-4-23-7-6-19-14(9-11(2)17-19)15-16-12(3)18-20(15)13-5-8-24(21,22)10-13/h9,13H,4-8,10H2,1-3H3/t13-/m0/s1. The quantitative estimate of drug-likeness (QED) is 0.724. The fourth-order valence-corrected chi connectivity index (χ4v) is 4.71. The SMILES string of the molecule is CCOCCn1nc(C)cc1-c1nc(C)nn1[C@H]1CCS(=O)(=O)C1. The van der Waals surface area contributed by atoms with E-state index in [1.165, 1.54) is 0 Å². The number of hydrogen-bond donors (Lipinski definition) is 0. The zero-order valence-corrected chi connectivity index (χ0v) is 15.1. The van der Waals surface area contributed by atoms with Gasteiger partial charge in [0.2, 0.25) is 0 Å². The maximum absolute atomic E-state index is 11.8. The number of rotatable bonds is 6. The van der Waals surface area contributed by atoms with Gasteiger partial charge >= 0.3 is 0 Å². The predicted molar refractivity (Wildman–Crippen MR) is 89.5 cm³/mol. The van der Waals surface area contributed by atoms with Crippen molar-refractivity contribution in [3.8, 4) is 11.5 Å². The lowest BCUT2D eigenvalue weighted by atomic mass is 10.2. The zero-order valence-electron chi connectivity index (χ0n) is 14.3. The second-order valence-electron chi connectivity index (χ2n) is 6.08. The summed E-state index contributed by atoms with van der Waals surface area (Å²) in [4.78, 5) is 4.53. The van der Waals surface area contributed by atoms with Crippen molar-refractivity contribution in [3.63, 3.8) is 0 Å². The molecule has 0 saturated carbocycles. The van der Waals surface area contributed by atoms with Gasteiger partial charge in [0, 0.05) is 6.61 Å². The van der Waals surface area contributed by atoms with E-state index in [9.17, 15) is 8.42 Å². The van der Waals surface area contributed by atoms with Gasteiger partial charge in [-0.3, -0.25) is 4.68 Å². The molecule has 2 aromatic heterocycles. The van der Waals surface area contributed by atoms with E-state index in [2.05, 4.69) is 15.2 Å². The zero-order chi connectivity index (χ0) is 17.3. The highest BCUT2D eigenvalue weighted by molar-refractivity contribution is 7.91. The molecule has 3 heterocycles. The van der Waals surface area contributed by atoms with Crippen LogP contribution in [0, 0.1) is 13.8 Å². The summed E-state index contributed by atoms with van der Waals surface area (Å²) < 4.78 is 32.7. The van der Waals surface area contributed by atoms with Crippen molar-refractivity contribution in [2.75, 3.05) is 24.7 Å². The maximum Gasteiger partial charge on any atom is 0.177 e. The van der Waals surface area contributed by atoms with Crippen molar-refractivity contribution < 1.29 is 13.2 Å². The van der Waals surface area contributed by atoms with E-state index >= 15 is 0 Å². The van der Waals surface area contributed by atoms with Gasteiger partial charge < -0.3 is 4.74 Å². The number of nitrogens with zero attached hydrogens (tertiary/aromatic N) is 5. The summed E-state index contributed by atoms with van der Waals surface area (Å²) in [6.45, 7) is 7.54. The van der Waals surface area contributed by atoms with E-state index < -0.39 is 9.84 Å². The van der Waals surface area contributed by atoms with Crippen LogP contribution in [0.1, 0.15) is 30.9 Å². The average Bonchev–Trinajstić information content (AvgIpc) is 3.16. The highest BCUT2D eigenvalue weighted by atomic mass is 32.2. The molecule has 24 heavy (non-hydrogen) atoms. The Balaban J connectivity index is 1.96. The van der Waals surface area contributed by atoms with Crippen LogP contribution in [-0.4, -0.2) is 57.7 Å². The molecular formula is C15H23N5O3S. The lowest BCUT2D eigenvalue weighted by Crippen LogP contribution is -2.16. The summed E-state index contributed by atoms with van der Waals surface area (Å²) in [5.41, 5.74) is 1.73. The number of aryl methyl sites for hydroxylation is 2. The van der Waals surface area contributed by atoms with Gasteiger partial charge in [-0.2, -0.15) is 10.2 Å². The van der Waals surface area contributed by atoms with Crippen LogP contribution in [0.3, 0.4) is 0 Å². The Bertz CT molecular complexity index is 824. The maximum atomic E-state index is 11.8. The first-order valence-electron chi connectivity index (χ1n) is 8.16. The highest BCUT2D eigenvalue weighted by Gasteiger charge is 2.32. The minimum absolute atomic E-state index is 0.120. The monoisotopic (exact) mass is 353 g/mol. The van der Waals surface area contributed by atoms with Crippen molar-refractivity contribution in [3.05, 3.63) is 17.6 Å². The van der Waals surface area contributed by atoms with Gasteiger partial charge in [-0.1, -0.05) is 0 Å². The van der Waals surface area contributed by atoms with Gasteiger partial charge in [-0.05, 0) is 33.3 Å². The van der Waals surface area contributed by atoms with Crippen LogP contribution < -0.4 is 0 Å². The first-order valence-corrected chi connectivity index (χ1v) is 9.98. The Morgan fingerprint density at radius 3 is 2.79 bits per heavy atom. The van der Waals surface area contributed by atoms with Crippen molar-refractivity contribution in [1.29, 1.82) is 0 Å². The number of ether oxygens (including phenoxy) is 1. The van der Waals surface area contributed by atoms with Gasteiger partial charge in [0.05, 0.1) is 36.4 Å². The van der Waals surface area contributed by atoms with Crippen LogP contribution in [0.2, 0.25) is 0 Å². The lowest BCUT2D eigenvalue weighted by molar-refractivity contribution is 0.136. The number of sulfone groups is 1. The molecular weight excluding hydrogens is 330 g/mol. The molecule has 0 N–H and O–H groups in total. The van der Waals surface area contributed by atoms with Crippen molar-refractivity contribution >= 4 is 9.84 Å². The van der Waals surface area contributed by atoms with Crippen LogP contribution in [-0.2, 0) is 21.1 Å². The van der Waals surface area contributed by atoms with E-state index in [0.29, 0.717) is 37.8 Å². The van der Waals surface area contributed by atoms with E-state index in [1.54, 1.807) is 4.68 Å². The van der Waals surface area contributed by atoms with Crippen molar-refractivity contribution in [1.82, 2.24) is 24.5 Å². The second kappa shape index (κ2) is 6.64. The van der Waals surface area contributed by atoms with E-state index in [0.717, 1.165) is 11.4 Å². The topological polar surface area (TPSA) is 91.9 Å². The van der Waals surface area contributed by atoms with Crippen LogP contribution in [0.25, 0.3) is 11.5 Å². The summed E-state index contributed by atoms with van der Waals surface area (Å²) in [5.74, 6) is 1.63. The van der Waals surface area contributed by atoms with E-state index in [4.69, 9.17) is 4.74 Å². The summed E-state index contributed by atoms with van der Waals surface area (Å²) >= 11 is 0. The third-order valence-electron chi connectivity index (χ3n) is 4.07. The van der Waals surface area contributed by atoms with Gasteiger partial charge in [-0.25, -0.2) is 18.1 Å². The normalized spacial score (nSPS) is 19.9. The highest BCUT2D eigenvalue weighted by Crippen LogP contribution is 2.28. The fraction of sp³-hybridized carbons (Fsp3) is 0.667. The van der Waals surface area contributed by atoms with Crippen LogP contribution in [0.15, 0.2) is 6.07 Å². The van der Waals surface area contributed by atoms with E-state index in [-0.39, 0.29) is 17.5 Å². The summed E-state index contributed by atoms with van der Waals surface area (Å²) in [5, 5.41) is 8.95. The Morgan fingerprint density at radius 2 is 2.12 bits per heavy atom. The number of aromatic nitrogens is 5. The van der Waals surface area contributed by atoms with Gasteiger partial charge in [0.25, 0.3) is 0 Å². The number of hydrogen-bond acceptors (Lipinski definition) is 6. The molecule has 9 heteroatoms. The van der Waals surface area contributed by atoms with E-state index in [1.807, 2.05) is 31.5 Å². The molecule has 1 atom stereocenters. The molecule has 3 rings (SSSR count). The summed E-state index contributed by atoms with van der Waals surface area (Å²) in [6, 6.07) is 1.79. The molecule has 1 aliphatic heterocycles. The third-order valence-corrected chi connectivity index (χ3v) is 5.82. The van der Waals surface area contributed by atoms with Crippen LogP contribution in [0.4, 0.5) is 0 Å². The molecule has 2 aromatic rings. The molecule has 0 amide bonds. The van der Waals surface area contributed by atoms with Gasteiger partial charge in [-0.15, -0.1) is 0 Å². The molecule has 0 bridgehead atoms. The molecule has 0 unspecified atom stereocenters. The first-order chi connectivity index (χ1) is 11.4. The molecule has 132 valence electrons. The molecule has 1 saturated heterocycles. The Labute approximate surface area is 141 Å². The molecule has 1 fully saturated rings. The summed E-state index contributed by atoms with van der Waals surface area (Å²) in [6.07, 6.45) is 0.574. The van der Waals surface area contributed by atoms with Crippen molar-refractivity contribution in [2.24, 2.45) is 0 Å². The van der Waals surface area contributed by atoms with Crippen LogP contribution in [0.5, 0.6) is 0 Å². The predicted octanol–water partition coefficient (Wildman–Crippen LogP) is 1.15. The van der Waals surface area contributed by atoms with Gasteiger partial charge in [0.1, 0.15) is 11.5 Å². The third kappa shape index (κ3) is 3.51. The minimum atomic E-state index is -2.99. The van der Waals surface area contributed by atoms with Gasteiger partial charge in [0.15, 0.2) is 15.7 Å². The first kappa shape index (κ1) is 17.1. The van der Waals surface area contributed by atoms with Crippen molar-refractivity contribution in [2.45, 2.75) is 39.8 Å².